The SMILES string of the molecule is C=C(C)C1Cc2cc(/C(C)=N/O)c(O)cc2O1.CC(C)=CCc1cc(/C(C)=N/O)ccc1O. The number of hydrogen-bond acceptors (Lipinski definition) is 7. The van der Waals surface area contributed by atoms with Crippen molar-refractivity contribution in [1.29, 1.82) is 0 Å². The molecule has 0 saturated heterocycles. The number of benzene rings is 2. The minimum atomic E-state index is -0.0361. The predicted molar refractivity (Wildman–Crippen MR) is 130 cm³/mol. The summed E-state index contributed by atoms with van der Waals surface area (Å²) in [6, 6.07) is 8.54. The maximum absolute atomic E-state index is 9.81. The molecule has 1 heterocycles. The molecule has 176 valence electrons. The summed E-state index contributed by atoms with van der Waals surface area (Å²) in [6.07, 6.45) is 3.42. The van der Waals surface area contributed by atoms with Gasteiger partial charge in [0.1, 0.15) is 23.4 Å². The normalized spacial score (nSPS) is 15.1. The molecule has 4 N–H and O–H groups in total. The summed E-state index contributed by atoms with van der Waals surface area (Å²) in [4.78, 5) is 0. The van der Waals surface area contributed by atoms with Crippen LogP contribution < -0.4 is 4.74 Å². The zero-order chi connectivity index (χ0) is 24.7. The molecule has 2 aromatic carbocycles. The van der Waals surface area contributed by atoms with Crippen LogP contribution in [-0.2, 0) is 12.8 Å². The molecular weight excluding hydrogens is 420 g/mol. The van der Waals surface area contributed by atoms with Crippen LogP contribution in [0.25, 0.3) is 0 Å². The van der Waals surface area contributed by atoms with Crippen LogP contribution in [0.15, 0.2) is 64.4 Å². The van der Waals surface area contributed by atoms with E-state index in [0.717, 1.165) is 28.7 Å². The Bertz CT molecular complexity index is 1110. The van der Waals surface area contributed by atoms with Gasteiger partial charge in [-0.1, -0.05) is 28.5 Å². The summed E-state index contributed by atoms with van der Waals surface area (Å²) in [5, 5.41) is 43.1. The molecule has 0 aliphatic carbocycles. The fourth-order valence-corrected chi connectivity index (χ4v) is 3.24. The Kier molecular flexibility index (Phi) is 8.68. The first-order valence-electron chi connectivity index (χ1n) is 10.6. The minimum Gasteiger partial charge on any atom is -0.508 e. The highest BCUT2D eigenvalue weighted by Crippen LogP contribution is 2.36. The summed E-state index contributed by atoms with van der Waals surface area (Å²) in [6.45, 7) is 13.2. The molecule has 1 aliphatic heterocycles. The van der Waals surface area contributed by atoms with E-state index >= 15 is 0 Å². The molecule has 0 saturated carbocycles. The number of phenolic OH excluding ortho intramolecular Hbond substituents is 2. The van der Waals surface area contributed by atoms with Crippen molar-refractivity contribution in [3.05, 3.63) is 76.4 Å². The Labute approximate surface area is 194 Å². The number of oxime groups is 2. The molecule has 0 bridgehead atoms. The molecule has 1 atom stereocenters. The Hall–Kier alpha value is -3.74. The fraction of sp³-hybridized carbons (Fsp3) is 0.308. The summed E-state index contributed by atoms with van der Waals surface area (Å²) in [5.74, 6) is 0.999. The highest BCUT2D eigenvalue weighted by atomic mass is 16.5. The van der Waals surface area contributed by atoms with E-state index in [1.165, 1.54) is 5.57 Å². The number of allylic oxidation sites excluding steroid dienone is 2. The Morgan fingerprint density at radius 3 is 2.24 bits per heavy atom. The van der Waals surface area contributed by atoms with Crippen molar-refractivity contribution in [3.8, 4) is 17.2 Å². The first kappa shape index (κ1) is 25.5. The molecule has 0 aromatic heterocycles. The second kappa shape index (κ2) is 11.2. The lowest BCUT2D eigenvalue weighted by Gasteiger charge is -2.09. The zero-order valence-electron chi connectivity index (χ0n) is 19.8. The van der Waals surface area contributed by atoms with Crippen molar-refractivity contribution < 1.29 is 25.4 Å². The second-order valence-corrected chi connectivity index (χ2v) is 8.33. The van der Waals surface area contributed by atoms with Crippen LogP contribution in [0, 0.1) is 0 Å². The van der Waals surface area contributed by atoms with E-state index in [1.54, 1.807) is 38.1 Å². The van der Waals surface area contributed by atoms with Gasteiger partial charge in [0.2, 0.25) is 0 Å². The first-order chi connectivity index (χ1) is 15.6. The molecule has 1 unspecified atom stereocenters. The van der Waals surface area contributed by atoms with E-state index in [4.69, 9.17) is 15.2 Å². The molecule has 33 heavy (non-hydrogen) atoms. The smallest absolute Gasteiger partial charge is 0.128 e. The average Bonchev–Trinajstić information content (AvgIpc) is 3.20. The first-order valence-corrected chi connectivity index (χ1v) is 10.6. The van der Waals surface area contributed by atoms with Crippen molar-refractivity contribution in [2.45, 2.75) is 53.6 Å². The predicted octanol–water partition coefficient (Wildman–Crippen LogP) is 5.57. The van der Waals surface area contributed by atoms with Gasteiger partial charge in [-0.15, -0.1) is 0 Å². The minimum absolute atomic E-state index is 0.0361. The van der Waals surface area contributed by atoms with Gasteiger partial charge in [0.05, 0.1) is 11.4 Å². The van der Waals surface area contributed by atoms with Gasteiger partial charge in [-0.2, -0.15) is 0 Å². The van der Waals surface area contributed by atoms with Gasteiger partial charge in [0, 0.05) is 18.1 Å². The number of aromatic hydroxyl groups is 2. The van der Waals surface area contributed by atoms with Crippen LogP contribution in [0.4, 0.5) is 0 Å². The van der Waals surface area contributed by atoms with Crippen molar-refractivity contribution in [2.24, 2.45) is 10.3 Å². The van der Waals surface area contributed by atoms with E-state index in [9.17, 15) is 10.2 Å². The van der Waals surface area contributed by atoms with E-state index < -0.39 is 0 Å². The van der Waals surface area contributed by atoms with Gasteiger partial charge in [0.25, 0.3) is 0 Å². The maximum atomic E-state index is 9.81. The fourth-order valence-electron chi connectivity index (χ4n) is 3.24. The molecule has 2 aromatic rings. The van der Waals surface area contributed by atoms with Crippen LogP contribution in [0.3, 0.4) is 0 Å². The summed E-state index contributed by atoms with van der Waals surface area (Å²) in [7, 11) is 0. The second-order valence-electron chi connectivity index (χ2n) is 8.33. The van der Waals surface area contributed by atoms with Crippen molar-refractivity contribution in [1.82, 2.24) is 0 Å². The van der Waals surface area contributed by atoms with E-state index in [0.29, 0.717) is 29.2 Å². The quantitative estimate of drug-likeness (QED) is 0.205. The molecule has 0 spiro atoms. The topological polar surface area (TPSA) is 115 Å². The lowest BCUT2D eigenvalue weighted by Crippen LogP contribution is -2.13. The van der Waals surface area contributed by atoms with Gasteiger partial charge in [-0.05, 0) is 87.6 Å². The molecule has 0 radical (unpaired) electrons. The van der Waals surface area contributed by atoms with Crippen LogP contribution in [-0.4, -0.2) is 38.2 Å². The number of fused-ring (bicyclic) bond motifs is 1. The lowest BCUT2D eigenvalue weighted by atomic mass is 10.0. The summed E-state index contributed by atoms with van der Waals surface area (Å²) < 4.78 is 5.66. The lowest BCUT2D eigenvalue weighted by molar-refractivity contribution is 0.270. The third-order valence-corrected chi connectivity index (χ3v) is 5.32. The van der Waals surface area contributed by atoms with Crippen molar-refractivity contribution >= 4 is 11.4 Å². The number of ether oxygens (including phenoxy) is 1. The summed E-state index contributed by atoms with van der Waals surface area (Å²) >= 11 is 0. The number of nitrogens with zero attached hydrogens (tertiary/aromatic N) is 2. The van der Waals surface area contributed by atoms with Gasteiger partial charge < -0.3 is 25.4 Å². The van der Waals surface area contributed by atoms with Gasteiger partial charge in [-0.25, -0.2) is 0 Å². The monoisotopic (exact) mass is 452 g/mol. The molecule has 0 amide bonds. The van der Waals surface area contributed by atoms with E-state index in [2.05, 4.69) is 16.9 Å². The van der Waals surface area contributed by atoms with Crippen LogP contribution in [0.5, 0.6) is 17.2 Å². The summed E-state index contributed by atoms with van der Waals surface area (Å²) in [5.41, 5.74) is 6.25. The number of hydrogen-bond donors (Lipinski definition) is 4. The largest absolute Gasteiger partial charge is 0.508 e. The average molecular weight is 453 g/mol. The van der Waals surface area contributed by atoms with Crippen LogP contribution >= 0.6 is 0 Å². The molecule has 7 nitrogen and oxygen atoms in total. The number of rotatable bonds is 5. The van der Waals surface area contributed by atoms with E-state index in [1.807, 2.05) is 32.9 Å². The van der Waals surface area contributed by atoms with Gasteiger partial charge in [-0.3, -0.25) is 0 Å². The third kappa shape index (κ3) is 6.62. The Morgan fingerprint density at radius 1 is 1.00 bits per heavy atom. The maximum Gasteiger partial charge on any atom is 0.128 e. The Balaban J connectivity index is 0.000000234. The molecule has 7 heteroatoms. The van der Waals surface area contributed by atoms with Gasteiger partial charge >= 0.3 is 0 Å². The van der Waals surface area contributed by atoms with Crippen molar-refractivity contribution in [2.75, 3.05) is 0 Å². The zero-order valence-corrected chi connectivity index (χ0v) is 19.8. The highest BCUT2D eigenvalue weighted by Gasteiger charge is 2.25. The molecule has 1 aliphatic rings. The van der Waals surface area contributed by atoms with Gasteiger partial charge in [0.15, 0.2) is 0 Å². The Morgan fingerprint density at radius 2 is 1.67 bits per heavy atom. The van der Waals surface area contributed by atoms with E-state index in [-0.39, 0.29) is 17.6 Å². The highest BCUT2D eigenvalue weighted by molar-refractivity contribution is 6.01. The third-order valence-electron chi connectivity index (χ3n) is 5.32. The van der Waals surface area contributed by atoms with Crippen molar-refractivity contribution in [3.63, 3.8) is 0 Å². The molecular formula is C26H32N2O5. The van der Waals surface area contributed by atoms with Crippen LogP contribution in [0.1, 0.15) is 56.9 Å². The molecule has 0 fully saturated rings. The number of phenols is 2. The van der Waals surface area contributed by atoms with Crippen LogP contribution in [0.2, 0.25) is 0 Å². The standard InChI is InChI=1S/C13H15NO3.C13H17NO2/c1-7(2)12-5-9-4-10(8(3)14-16)11(15)6-13(9)17-12;1-9(2)4-5-12-8-11(10(3)14-16)6-7-13(12)15/h4,6,12,15-16H,1,5H2,2-3H3;4,6-8,15-16H,5H2,1-3H3/b14-8+;14-10+. The molecule has 3 rings (SSSR count).